The molecule has 2 aromatic rings. The molecule has 1 aliphatic heterocycles. The van der Waals surface area contributed by atoms with Gasteiger partial charge in [0, 0.05) is 51.2 Å². The fourth-order valence-electron chi connectivity index (χ4n) is 8.41. The van der Waals surface area contributed by atoms with Crippen LogP contribution >= 0.6 is 0 Å². The predicted octanol–water partition coefficient (Wildman–Crippen LogP) is 4.25. The molecule has 0 radical (unpaired) electrons. The third kappa shape index (κ3) is 33.0. The highest BCUT2D eigenvalue weighted by Crippen LogP contribution is 2.28. The van der Waals surface area contributed by atoms with Crippen LogP contribution in [0, 0.1) is 23.2 Å². The van der Waals surface area contributed by atoms with Crippen LogP contribution < -0.4 is 21.1 Å². The summed E-state index contributed by atoms with van der Waals surface area (Å²) in [6.07, 6.45) is 0.113. The zero-order valence-electron chi connectivity index (χ0n) is 51.9. The van der Waals surface area contributed by atoms with Crippen LogP contribution in [0.4, 0.5) is 4.79 Å². The van der Waals surface area contributed by atoms with Gasteiger partial charge in [-0.2, -0.15) is 0 Å². The molecule has 4 N–H and O–H groups in total. The van der Waals surface area contributed by atoms with Crippen LogP contribution in [0.25, 0.3) is 0 Å². The van der Waals surface area contributed by atoms with E-state index in [1.165, 1.54) is 0 Å². The highest BCUT2D eigenvalue weighted by Gasteiger charge is 2.44. The summed E-state index contributed by atoms with van der Waals surface area (Å²) in [6, 6.07) is 11.1. The number of primary amides is 1. The number of nitrogens with one attached hydrogen (secondary N) is 2. The number of methoxy groups -OCH3 is 1. The van der Waals surface area contributed by atoms with Crippen LogP contribution in [0.2, 0.25) is 0 Å². The summed E-state index contributed by atoms with van der Waals surface area (Å²) in [7, 11) is 1.63. The molecule has 86 heavy (non-hydrogen) atoms. The molecule has 1 saturated heterocycles. The molecule has 4 atom stereocenters. The summed E-state index contributed by atoms with van der Waals surface area (Å²) in [5.74, 6) is -3.95. The van der Waals surface area contributed by atoms with Crippen molar-refractivity contribution in [2.24, 2.45) is 28.9 Å². The minimum absolute atomic E-state index is 0.0132. The predicted molar refractivity (Wildman–Crippen MR) is 316 cm³/mol. The summed E-state index contributed by atoms with van der Waals surface area (Å²) in [4.78, 5) is 93.9. The van der Waals surface area contributed by atoms with Gasteiger partial charge in [0.25, 0.3) is 0 Å². The minimum atomic E-state index is -1.18. The van der Waals surface area contributed by atoms with Gasteiger partial charge in [0.2, 0.25) is 17.7 Å². The first kappa shape index (κ1) is 74.7. The molecule has 0 spiro atoms. The first-order valence-corrected chi connectivity index (χ1v) is 29.9. The van der Waals surface area contributed by atoms with E-state index >= 15 is 0 Å². The Morgan fingerprint density at radius 3 is 1.44 bits per heavy atom. The lowest BCUT2D eigenvalue weighted by Gasteiger charge is -2.29. The van der Waals surface area contributed by atoms with Crippen LogP contribution in [-0.4, -0.2) is 217 Å². The normalized spacial score (nSPS) is 14.6. The van der Waals surface area contributed by atoms with E-state index in [-0.39, 0.29) is 69.5 Å². The number of carbonyl (C=O) groups excluding carboxylic acids is 7. The molecule has 24 heteroatoms. The van der Waals surface area contributed by atoms with Gasteiger partial charge in [0.1, 0.15) is 25.0 Å². The number of nitrogens with zero attached hydrogens (tertiary/aromatic N) is 1. The van der Waals surface area contributed by atoms with Crippen molar-refractivity contribution in [3.63, 3.8) is 0 Å². The molecule has 0 bridgehead atoms. The van der Waals surface area contributed by atoms with Gasteiger partial charge in [0.15, 0.2) is 11.6 Å². The van der Waals surface area contributed by atoms with Gasteiger partial charge in [-0.15, -0.1) is 0 Å². The Bertz CT molecular complexity index is 2230. The highest BCUT2D eigenvalue weighted by molar-refractivity contribution is 6.07. The molecule has 0 aliphatic carbocycles. The highest BCUT2D eigenvalue weighted by atomic mass is 16.6. The number of esters is 1. The Labute approximate surface area is 508 Å². The molecule has 2 aromatic carbocycles. The molecule has 24 nitrogen and oxygen atoms in total. The Morgan fingerprint density at radius 1 is 0.605 bits per heavy atom. The van der Waals surface area contributed by atoms with E-state index in [2.05, 4.69) is 10.6 Å². The van der Waals surface area contributed by atoms with Crippen molar-refractivity contribution in [3.8, 4) is 5.75 Å². The third-order valence-corrected chi connectivity index (χ3v) is 13.3. The molecule has 3 rings (SSSR count). The van der Waals surface area contributed by atoms with Crippen molar-refractivity contribution in [2.45, 2.75) is 98.8 Å². The zero-order chi connectivity index (χ0) is 62.8. The maximum atomic E-state index is 14.4. The molecule has 0 saturated carbocycles. The number of benzene rings is 2. The van der Waals surface area contributed by atoms with Gasteiger partial charge in [-0.1, -0.05) is 57.2 Å². The van der Waals surface area contributed by atoms with E-state index < -0.39 is 58.9 Å². The van der Waals surface area contributed by atoms with Crippen molar-refractivity contribution >= 4 is 41.3 Å². The molecule has 486 valence electrons. The number of hydrogen-bond acceptors (Lipinski definition) is 20. The van der Waals surface area contributed by atoms with Crippen molar-refractivity contribution < 1.29 is 95.1 Å². The van der Waals surface area contributed by atoms with Crippen molar-refractivity contribution in [2.75, 3.05) is 159 Å². The lowest BCUT2D eigenvalue weighted by atomic mass is 9.86. The molecule has 1 fully saturated rings. The fraction of sp³-hybridized carbons (Fsp3) is 0.694. The van der Waals surface area contributed by atoms with Crippen LogP contribution in [0.15, 0.2) is 48.5 Å². The van der Waals surface area contributed by atoms with Gasteiger partial charge in [-0.05, 0) is 68.4 Å². The lowest BCUT2D eigenvalue weighted by Crippen LogP contribution is -2.49. The number of amides is 5. The average molecular weight is 1220 g/mol. The number of urea groups is 1. The molecule has 0 aromatic heterocycles. The zero-order valence-corrected chi connectivity index (χ0v) is 51.9. The monoisotopic (exact) mass is 1220 g/mol. The Hall–Kier alpha value is -5.51. The summed E-state index contributed by atoms with van der Waals surface area (Å²) in [5.41, 5.74) is 6.67. The van der Waals surface area contributed by atoms with Crippen LogP contribution in [0.5, 0.6) is 5.75 Å². The Kier molecular flexibility index (Phi) is 39.0. The molecule has 5 amide bonds. The molecular weight excluding hydrogens is 1120 g/mol. The van der Waals surface area contributed by atoms with E-state index in [1.54, 1.807) is 97.2 Å². The molecule has 1 aliphatic rings. The quantitative estimate of drug-likeness (QED) is 0.0474. The van der Waals surface area contributed by atoms with Crippen molar-refractivity contribution in [1.29, 1.82) is 0 Å². The summed E-state index contributed by atoms with van der Waals surface area (Å²) >= 11 is 0. The first-order valence-electron chi connectivity index (χ1n) is 29.9. The maximum Gasteiger partial charge on any atom is 0.312 e. The van der Waals surface area contributed by atoms with E-state index in [0.717, 1.165) is 10.5 Å². The van der Waals surface area contributed by atoms with E-state index in [4.69, 9.17) is 67.3 Å². The van der Waals surface area contributed by atoms with Crippen LogP contribution in [-0.2, 0) is 105 Å². The minimum Gasteiger partial charge on any atom is -0.491 e. The van der Waals surface area contributed by atoms with Crippen molar-refractivity contribution in [3.05, 3.63) is 65.2 Å². The van der Waals surface area contributed by atoms with E-state index in [9.17, 15) is 33.6 Å². The largest absolute Gasteiger partial charge is 0.491 e. The van der Waals surface area contributed by atoms with Gasteiger partial charge in [-0.25, -0.2) is 4.79 Å². The van der Waals surface area contributed by atoms with Crippen LogP contribution in [0.1, 0.15) is 83.9 Å². The van der Waals surface area contributed by atoms with Gasteiger partial charge in [0.05, 0.1) is 150 Å². The number of carbonyl (C=O) groups is 7. The number of nitrogens with two attached hydrogens (primary N) is 1. The summed E-state index contributed by atoms with van der Waals surface area (Å²) < 4.78 is 71.2. The summed E-state index contributed by atoms with van der Waals surface area (Å²) in [5, 5.41) is 5.38. The second kappa shape index (κ2) is 44.9. The van der Waals surface area contributed by atoms with Gasteiger partial charge < -0.3 is 77.9 Å². The van der Waals surface area contributed by atoms with Gasteiger partial charge >= 0.3 is 12.0 Å². The third-order valence-electron chi connectivity index (χ3n) is 13.3. The first-order chi connectivity index (χ1) is 41.4. The fourth-order valence-corrected chi connectivity index (χ4v) is 8.41. The number of Topliss-reactive ketones (excluding diaryl/α,β-unsaturated/α-hetero) is 2. The number of hydrogen-bond donors (Lipinski definition) is 3. The molecule has 1 unspecified atom stereocenters. The second-order valence-corrected chi connectivity index (χ2v) is 21.8. The second-order valence-electron chi connectivity index (χ2n) is 21.8. The average Bonchev–Trinajstić information content (AvgIpc) is 2.64. The number of imide groups is 1. The SMILES string of the molecule is COCCOCCOCCOCCOCCOCCOCCOCCOCCOCCOCCOc1ccc(C[C@@H](C(=O)C[C@H](C(=O)N[C@@H](CCCNC(N)=O)C(=O)Cc2ccc(COC(=O)C(C)(C)C)cc2)C(C)C)N2C(=O)CC(C)C2=O)cc1. The number of ketones is 2. The topological polar surface area (TPSA) is 293 Å². The lowest BCUT2D eigenvalue weighted by molar-refractivity contribution is -0.154. The summed E-state index contributed by atoms with van der Waals surface area (Å²) in [6.45, 7) is 20.6. The Balaban J connectivity index is 1.32. The molecule has 1 heterocycles. The smallest absolute Gasteiger partial charge is 0.312 e. The number of likely N-dealkylation sites (tertiary alicyclic amines) is 1. The number of ether oxygens (including phenoxy) is 13. The standard InChI is InChI=1S/C62H98N4O20/c1-46(2)52(58(70)65-53(9-8-18-64-61(63)73)55(67)43-49-10-12-50(13-11-49)45-86-60(72)62(4,5)6)44-56(68)54(66-57(69)41-47(3)59(66)71)42-48-14-16-51(17-15-48)85-40-39-84-38-37-83-36-35-82-34-33-81-32-31-80-30-29-79-28-27-78-26-25-77-24-23-76-22-21-75-20-19-74-7/h10-17,46-47,52-54H,8-9,18-45H2,1-7H3,(H,65,70)(H3,63,64,73)/t47?,52-,53-,54-/m0/s1. The number of rotatable bonds is 52. The Morgan fingerprint density at radius 2 is 1.03 bits per heavy atom. The van der Waals surface area contributed by atoms with Gasteiger partial charge in [-0.3, -0.25) is 33.7 Å². The molecular formula is C62H98N4O20. The van der Waals surface area contributed by atoms with E-state index in [1.807, 2.05) is 0 Å². The van der Waals surface area contributed by atoms with Crippen molar-refractivity contribution in [1.82, 2.24) is 15.5 Å². The van der Waals surface area contributed by atoms with Crippen LogP contribution in [0.3, 0.4) is 0 Å². The van der Waals surface area contributed by atoms with E-state index in [0.29, 0.717) is 162 Å². The maximum absolute atomic E-state index is 14.4.